The second-order valence-corrected chi connectivity index (χ2v) is 6.57. The highest BCUT2D eigenvalue weighted by atomic mass is 79.9. The third-order valence-corrected chi connectivity index (χ3v) is 4.12. The van der Waals surface area contributed by atoms with Crippen molar-refractivity contribution in [3.05, 3.63) is 70.0 Å². The van der Waals surface area contributed by atoms with E-state index in [1.54, 1.807) is 16.7 Å². The quantitative estimate of drug-likeness (QED) is 0.497. The lowest BCUT2D eigenvalue weighted by Crippen LogP contribution is -2.12. The Hall–Kier alpha value is -3.07. The van der Waals surface area contributed by atoms with Crippen molar-refractivity contribution in [1.82, 2.24) is 24.6 Å². The van der Waals surface area contributed by atoms with Gasteiger partial charge in [0.2, 0.25) is 17.6 Å². The fourth-order valence-electron chi connectivity index (χ4n) is 2.48. The van der Waals surface area contributed by atoms with Crippen molar-refractivity contribution >= 4 is 39.1 Å². The van der Waals surface area contributed by atoms with Crippen molar-refractivity contribution in [2.24, 2.45) is 0 Å². The van der Waals surface area contributed by atoms with E-state index in [1.807, 2.05) is 13.0 Å². The van der Waals surface area contributed by atoms with Crippen LogP contribution in [0.4, 0.5) is 16.2 Å². The third kappa shape index (κ3) is 3.08. The lowest BCUT2D eigenvalue weighted by molar-refractivity contribution is 0.102. The van der Waals surface area contributed by atoms with E-state index >= 15 is 0 Å². The molecule has 0 saturated heterocycles. The highest BCUT2D eigenvalue weighted by Crippen LogP contribution is 2.21. The number of aryl methyl sites for hydroxylation is 1. The van der Waals surface area contributed by atoms with Crippen LogP contribution in [0.25, 0.3) is 5.65 Å². The summed E-state index contributed by atoms with van der Waals surface area (Å²) in [5, 5.41) is 10.0. The van der Waals surface area contributed by atoms with Gasteiger partial charge in [-0.3, -0.25) is 14.3 Å². The predicted molar refractivity (Wildman–Crippen MR) is 97.1 cm³/mol. The minimum atomic E-state index is -0.412. The number of nitrogens with one attached hydrogen (secondary N) is 2. The molecule has 0 aliphatic heterocycles. The van der Waals surface area contributed by atoms with Crippen LogP contribution in [0, 0.1) is 12.7 Å². The van der Waals surface area contributed by atoms with Crippen LogP contribution in [-0.4, -0.2) is 30.3 Å². The number of fused-ring (bicyclic) bond motifs is 1. The van der Waals surface area contributed by atoms with Crippen LogP contribution in [0.15, 0.2) is 47.1 Å². The van der Waals surface area contributed by atoms with Crippen LogP contribution >= 0.6 is 15.9 Å². The van der Waals surface area contributed by atoms with Crippen LogP contribution < -0.4 is 5.32 Å². The molecule has 26 heavy (non-hydrogen) atoms. The topological polar surface area (TPSA) is 88.0 Å². The largest absolute Gasteiger partial charge is 0.308 e. The van der Waals surface area contributed by atoms with Gasteiger partial charge in [-0.2, -0.15) is 10.1 Å². The Balaban J connectivity index is 1.80. The maximum absolute atomic E-state index is 13.1. The smallest absolute Gasteiger partial charge is 0.230 e. The summed E-state index contributed by atoms with van der Waals surface area (Å²) in [5.74, 6) is 0.144. The first-order valence-corrected chi connectivity index (χ1v) is 8.44. The molecule has 130 valence electrons. The molecule has 3 aromatic heterocycles. The zero-order valence-corrected chi connectivity index (χ0v) is 15.1. The van der Waals surface area contributed by atoms with Gasteiger partial charge in [0.15, 0.2) is 5.82 Å². The SMILES string of the molecule is Cc1cc(Nc2nc(C(=O)c3ccc(F)cc3)nc3cc(Br)cn23)n[nH]1. The number of H-pyrrole nitrogens is 1. The summed E-state index contributed by atoms with van der Waals surface area (Å²) < 4.78 is 15.6. The van der Waals surface area contributed by atoms with Gasteiger partial charge in [0.25, 0.3) is 0 Å². The molecule has 0 bridgehead atoms. The molecule has 0 aliphatic carbocycles. The molecule has 0 amide bonds. The van der Waals surface area contributed by atoms with E-state index in [-0.39, 0.29) is 5.82 Å². The first kappa shape index (κ1) is 16.4. The van der Waals surface area contributed by atoms with Gasteiger partial charge in [0.05, 0.1) is 0 Å². The van der Waals surface area contributed by atoms with Crippen LogP contribution in [0.3, 0.4) is 0 Å². The van der Waals surface area contributed by atoms with Gasteiger partial charge in [0, 0.05) is 28.0 Å². The molecule has 0 fully saturated rings. The Morgan fingerprint density at radius 2 is 2.00 bits per heavy atom. The molecule has 3 heterocycles. The van der Waals surface area contributed by atoms with Gasteiger partial charge in [0.1, 0.15) is 11.5 Å². The van der Waals surface area contributed by atoms with Crippen molar-refractivity contribution in [3.63, 3.8) is 0 Å². The first-order valence-electron chi connectivity index (χ1n) is 7.64. The Kier molecular flexibility index (Phi) is 4.00. The molecular weight excluding hydrogens is 403 g/mol. The molecule has 7 nitrogen and oxygen atoms in total. The molecule has 9 heteroatoms. The molecule has 4 aromatic rings. The number of halogens is 2. The maximum atomic E-state index is 13.1. The molecular formula is C17H12BrFN6O. The lowest BCUT2D eigenvalue weighted by atomic mass is 10.1. The minimum Gasteiger partial charge on any atom is -0.308 e. The van der Waals surface area contributed by atoms with E-state index in [1.165, 1.54) is 24.3 Å². The highest BCUT2D eigenvalue weighted by Gasteiger charge is 2.17. The van der Waals surface area contributed by atoms with Gasteiger partial charge in [-0.25, -0.2) is 9.37 Å². The number of rotatable bonds is 4. The van der Waals surface area contributed by atoms with E-state index in [0.717, 1.165) is 10.2 Å². The summed E-state index contributed by atoms with van der Waals surface area (Å²) in [5.41, 5.74) is 1.73. The van der Waals surface area contributed by atoms with Crippen molar-refractivity contribution in [3.8, 4) is 0 Å². The van der Waals surface area contributed by atoms with Crippen molar-refractivity contribution < 1.29 is 9.18 Å². The van der Waals surface area contributed by atoms with Crippen molar-refractivity contribution in [2.75, 3.05) is 5.32 Å². The van der Waals surface area contributed by atoms with E-state index in [9.17, 15) is 9.18 Å². The second kappa shape index (κ2) is 6.34. The standard InChI is InChI=1S/C17H12BrFN6O/c1-9-6-13(24-23-9)20-17-22-16(21-14-7-11(18)8-25(14)17)15(26)10-2-4-12(19)5-3-10/h2-8H,1H3,(H2,20,21,22,23,24). The van der Waals surface area contributed by atoms with Gasteiger partial charge >= 0.3 is 0 Å². The normalized spacial score (nSPS) is 11.0. The molecule has 0 spiro atoms. The molecule has 0 radical (unpaired) electrons. The van der Waals surface area contributed by atoms with Gasteiger partial charge in [-0.05, 0) is 53.2 Å². The average Bonchev–Trinajstić information content (AvgIpc) is 3.19. The van der Waals surface area contributed by atoms with Crippen molar-refractivity contribution in [2.45, 2.75) is 6.92 Å². The monoisotopic (exact) mass is 414 g/mol. The number of hydrogen-bond acceptors (Lipinski definition) is 5. The number of nitrogens with zero attached hydrogens (tertiary/aromatic N) is 4. The Labute approximate surface area is 155 Å². The lowest BCUT2D eigenvalue weighted by Gasteiger charge is -2.08. The third-order valence-electron chi connectivity index (χ3n) is 3.68. The van der Waals surface area contributed by atoms with E-state index in [0.29, 0.717) is 23.0 Å². The van der Waals surface area contributed by atoms with E-state index < -0.39 is 11.6 Å². The van der Waals surface area contributed by atoms with Crippen LogP contribution in [-0.2, 0) is 0 Å². The molecule has 1 aromatic carbocycles. The fraction of sp³-hybridized carbons (Fsp3) is 0.0588. The average molecular weight is 415 g/mol. The summed E-state index contributed by atoms with van der Waals surface area (Å²) in [6.45, 7) is 1.88. The number of aromatic amines is 1. The minimum absolute atomic E-state index is 0.00414. The highest BCUT2D eigenvalue weighted by molar-refractivity contribution is 9.10. The summed E-state index contributed by atoms with van der Waals surface area (Å²) in [7, 11) is 0. The Morgan fingerprint density at radius 3 is 2.69 bits per heavy atom. The molecule has 0 unspecified atom stereocenters. The number of aromatic nitrogens is 5. The summed E-state index contributed by atoms with van der Waals surface area (Å²) in [4.78, 5) is 21.4. The zero-order chi connectivity index (χ0) is 18.3. The first-order chi connectivity index (χ1) is 12.5. The summed E-state index contributed by atoms with van der Waals surface area (Å²) >= 11 is 3.40. The maximum Gasteiger partial charge on any atom is 0.230 e. The van der Waals surface area contributed by atoms with E-state index in [2.05, 4.69) is 41.4 Å². The number of hydrogen-bond donors (Lipinski definition) is 2. The fourth-order valence-corrected chi connectivity index (χ4v) is 2.89. The molecule has 0 saturated carbocycles. The molecule has 0 aliphatic rings. The number of anilines is 2. The van der Waals surface area contributed by atoms with Gasteiger partial charge in [-0.1, -0.05) is 0 Å². The summed E-state index contributed by atoms with van der Waals surface area (Å²) in [6, 6.07) is 8.85. The predicted octanol–water partition coefficient (Wildman–Crippen LogP) is 3.64. The number of carbonyl (C=O) groups is 1. The van der Waals surface area contributed by atoms with Gasteiger partial charge in [-0.15, -0.1) is 0 Å². The zero-order valence-electron chi connectivity index (χ0n) is 13.5. The molecule has 4 rings (SSSR count). The van der Waals surface area contributed by atoms with E-state index in [4.69, 9.17) is 0 Å². The molecule has 0 atom stereocenters. The number of ketones is 1. The molecule has 2 N–H and O–H groups in total. The number of carbonyl (C=O) groups excluding carboxylic acids is 1. The van der Waals surface area contributed by atoms with Gasteiger partial charge < -0.3 is 5.32 Å². The van der Waals surface area contributed by atoms with Crippen molar-refractivity contribution in [1.29, 1.82) is 0 Å². The summed E-state index contributed by atoms with van der Waals surface area (Å²) in [6.07, 6.45) is 1.78. The van der Waals surface area contributed by atoms with Crippen LogP contribution in [0.5, 0.6) is 0 Å². The second-order valence-electron chi connectivity index (χ2n) is 5.65. The van der Waals surface area contributed by atoms with Crippen LogP contribution in [0.1, 0.15) is 21.9 Å². The van der Waals surface area contributed by atoms with Crippen LogP contribution in [0.2, 0.25) is 0 Å². The number of benzene rings is 1. The Morgan fingerprint density at radius 1 is 1.23 bits per heavy atom. The Bertz CT molecular complexity index is 1120.